The normalized spacial score (nSPS) is 10.8. The molecule has 0 spiro atoms. The van der Waals surface area contributed by atoms with Crippen molar-refractivity contribution in [2.45, 2.75) is 26.3 Å². The van der Waals surface area contributed by atoms with E-state index in [0.29, 0.717) is 24.1 Å². The molecule has 3 aromatic rings. The number of benzene rings is 1. The molecular weight excluding hydrogens is 330 g/mol. The summed E-state index contributed by atoms with van der Waals surface area (Å²) < 4.78 is 0. The largest absolute Gasteiger partial charge is 0.382 e. The van der Waals surface area contributed by atoms with Crippen LogP contribution in [0.3, 0.4) is 0 Å². The molecule has 0 saturated heterocycles. The number of nitrogen functional groups attached to an aromatic ring is 2. The molecule has 8 nitrogen and oxygen atoms in total. The van der Waals surface area contributed by atoms with Crippen LogP contribution in [0.25, 0.3) is 11.2 Å². The molecule has 0 saturated carbocycles. The molecule has 0 unspecified atom stereocenters. The Balaban J connectivity index is 1.79. The number of nitrogens with two attached hydrogens (primary N) is 2. The van der Waals surface area contributed by atoms with Crippen molar-refractivity contribution in [1.82, 2.24) is 19.9 Å². The van der Waals surface area contributed by atoms with Crippen molar-refractivity contribution >= 4 is 34.4 Å². The van der Waals surface area contributed by atoms with Crippen molar-refractivity contribution in [3.05, 3.63) is 41.7 Å². The van der Waals surface area contributed by atoms with Crippen molar-refractivity contribution in [3.8, 4) is 0 Å². The predicted octanol–water partition coefficient (Wildman–Crippen LogP) is 1.74. The van der Waals surface area contributed by atoms with E-state index in [9.17, 15) is 4.79 Å². The van der Waals surface area contributed by atoms with E-state index in [1.54, 1.807) is 13.1 Å². The van der Waals surface area contributed by atoms with Crippen LogP contribution >= 0.6 is 0 Å². The zero-order valence-electron chi connectivity index (χ0n) is 14.8. The highest BCUT2D eigenvalue weighted by atomic mass is 16.1. The van der Waals surface area contributed by atoms with Gasteiger partial charge in [0.05, 0.1) is 18.4 Å². The van der Waals surface area contributed by atoms with E-state index in [1.807, 2.05) is 25.2 Å². The lowest BCUT2D eigenvalue weighted by molar-refractivity contribution is -0.116. The number of hydrogen-bond donors (Lipinski definition) is 2. The van der Waals surface area contributed by atoms with E-state index in [1.165, 1.54) is 0 Å². The quantitative estimate of drug-likeness (QED) is 0.688. The predicted molar refractivity (Wildman–Crippen MR) is 102 cm³/mol. The lowest BCUT2D eigenvalue weighted by Gasteiger charge is -2.19. The molecule has 0 aliphatic rings. The molecule has 0 radical (unpaired) electrons. The topological polar surface area (TPSA) is 124 Å². The Bertz CT molecular complexity index is 957. The molecule has 4 N–H and O–H groups in total. The molecule has 2 aromatic heterocycles. The number of nitrogens with zero attached hydrogens (tertiary/aromatic N) is 5. The van der Waals surface area contributed by atoms with E-state index in [2.05, 4.69) is 30.9 Å². The number of aromatic nitrogens is 4. The number of Topliss-reactive ketones (excluding diaryl/α,β-unsaturated/α-hetero) is 1. The van der Waals surface area contributed by atoms with Gasteiger partial charge >= 0.3 is 0 Å². The Morgan fingerprint density at radius 2 is 2.00 bits per heavy atom. The third-order valence-electron chi connectivity index (χ3n) is 4.02. The van der Waals surface area contributed by atoms with E-state index in [-0.39, 0.29) is 17.5 Å². The van der Waals surface area contributed by atoms with Gasteiger partial charge in [-0.05, 0) is 31.0 Å². The van der Waals surface area contributed by atoms with Gasteiger partial charge in [-0.1, -0.05) is 12.1 Å². The van der Waals surface area contributed by atoms with Crippen molar-refractivity contribution < 1.29 is 4.79 Å². The summed E-state index contributed by atoms with van der Waals surface area (Å²) in [7, 11) is 1.97. The van der Waals surface area contributed by atoms with Gasteiger partial charge in [0.1, 0.15) is 5.78 Å². The van der Waals surface area contributed by atoms with E-state index >= 15 is 0 Å². The summed E-state index contributed by atoms with van der Waals surface area (Å²) in [4.78, 5) is 30.0. The smallest absolute Gasteiger partial charge is 0.224 e. The Hall–Kier alpha value is -3.29. The number of hydrogen-bond acceptors (Lipinski definition) is 8. The highest BCUT2D eigenvalue weighted by molar-refractivity contribution is 5.81. The Labute approximate surface area is 151 Å². The van der Waals surface area contributed by atoms with Crippen LogP contribution in [-0.4, -0.2) is 32.8 Å². The molecule has 0 fully saturated rings. The third kappa shape index (κ3) is 4.02. The first kappa shape index (κ1) is 17.5. The maximum absolute atomic E-state index is 11.2. The SMILES string of the molecule is CC(=O)CCc1cccc(N(C)Cc2cnc3nc(N)nc(N)c3n2)c1. The zero-order valence-corrected chi connectivity index (χ0v) is 14.8. The average molecular weight is 351 g/mol. The maximum atomic E-state index is 11.2. The number of anilines is 3. The highest BCUT2D eigenvalue weighted by Gasteiger charge is 2.10. The fourth-order valence-electron chi connectivity index (χ4n) is 2.66. The Kier molecular flexibility index (Phi) is 4.92. The summed E-state index contributed by atoms with van der Waals surface area (Å²) in [5, 5.41) is 0. The van der Waals surface area contributed by atoms with Crippen LogP contribution in [0, 0.1) is 0 Å². The number of ketones is 1. The van der Waals surface area contributed by atoms with Crippen LogP contribution in [0.1, 0.15) is 24.6 Å². The minimum absolute atomic E-state index is 0.0801. The molecule has 26 heavy (non-hydrogen) atoms. The van der Waals surface area contributed by atoms with Gasteiger partial charge in [-0.15, -0.1) is 0 Å². The first-order valence-corrected chi connectivity index (χ1v) is 8.26. The standard InChI is InChI=1S/C18H21N7O/c1-11(26)6-7-12-4-3-5-14(8-12)25(2)10-13-9-21-17-15(22-13)16(19)23-18(20)24-17/h3-5,8-9H,6-7,10H2,1-2H3,(H4,19,20,21,23,24). The third-order valence-corrected chi connectivity index (χ3v) is 4.02. The maximum Gasteiger partial charge on any atom is 0.224 e. The second kappa shape index (κ2) is 7.30. The molecular formula is C18H21N7O. The monoisotopic (exact) mass is 351 g/mol. The minimum Gasteiger partial charge on any atom is -0.382 e. The molecule has 0 amide bonds. The van der Waals surface area contributed by atoms with Gasteiger partial charge in [-0.3, -0.25) is 0 Å². The summed E-state index contributed by atoms with van der Waals surface area (Å²) >= 11 is 0. The summed E-state index contributed by atoms with van der Waals surface area (Å²) in [6, 6.07) is 8.11. The fourth-order valence-corrected chi connectivity index (χ4v) is 2.66. The molecule has 3 rings (SSSR count). The van der Waals surface area contributed by atoms with Crippen LogP contribution < -0.4 is 16.4 Å². The van der Waals surface area contributed by atoms with Crippen LogP contribution in [0.2, 0.25) is 0 Å². The fraction of sp³-hybridized carbons (Fsp3) is 0.278. The van der Waals surface area contributed by atoms with Crippen LogP contribution in [0.5, 0.6) is 0 Å². The van der Waals surface area contributed by atoms with Crippen LogP contribution in [-0.2, 0) is 17.8 Å². The van der Waals surface area contributed by atoms with Crippen molar-refractivity contribution in [2.75, 3.05) is 23.4 Å². The number of aryl methyl sites for hydroxylation is 1. The van der Waals surface area contributed by atoms with Gasteiger partial charge in [0.25, 0.3) is 0 Å². The first-order valence-electron chi connectivity index (χ1n) is 8.26. The van der Waals surface area contributed by atoms with E-state index in [0.717, 1.165) is 23.4 Å². The number of fused-ring (bicyclic) bond motifs is 1. The average Bonchev–Trinajstić information content (AvgIpc) is 2.60. The van der Waals surface area contributed by atoms with Gasteiger partial charge < -0.3 is 21.2 Å². The van der Waals surface area contributed by atoms with Gasteiger partial charge in [0, 0.05) is 19.2 Å². The molecule has 0 aliphatic carbocycles. The number of carbonyl (C=O) groups excluding carboxylic acids is 1. The second-order valence-electron chi connectivity index (χ2n) is 6.23. The molecule has 0 bridgehead atoms. The van der Waals surface area contributed by atoms with Crippen molar-refractivity contribution in [3.63, 3.8) is 0 Å². The molecule has 0 aliphatic heterocycles. The van der Waals surface area contributed by atoms with E-state index < -0.39 is 0 Å². The van der Waals surface area contributed by atoms with E-state index in [4.69, 9.17) is 11.5 Å². The lowest BCUT2D eigenvalue weighted by Crippen LogP contribution is -2.18. The van der Waals surface area contributed by atoms with Gasteiger partial charge in [0.2, 0.25) is 5.95 Å². The van der Waals surface area contributed by atoms with Gasteiger partial charge in [-0.2, -0.15) is 9.97 Å². The van der Waals surface area contributed by atoms with Gasteiger partial charge in [-0.25, -0.2) is 9.97 Å². The summed E-state index contributed by atoms with van der Waals surface area (Å²) in [5.41, 5.74) is 15.2. The molecule has 8 heteroatoms. The van der Waals surface area contributed by atoms with Crippen LogP contribution in [0.15, 0.2) is 30.5 Å². The van der Waals surface area contributed by atoms with Crippen molar-refractivity contribution in [2.24, 2.45) is 0 Å². The Morgan fingerprint density at radius 3 is 2.77 bits per heavy atom. The van der Waals surface area contributed by atoms with Gasteiger partial charge in [0.15, 0.2) is 17.0 Å². The number of rotatable bonds is 6. The van der Waals surface area contributed by atoms with Crippen molar-refractivity contribution in [1.29, 1.82) is 0 Å². The summed E-state index contributed by atoms with van der Waals surface area (Å²) in [6.07, 6.45) is 2.94. The minimum atomic E-state index is 0.0801. The lowest BCUT2D eigenvalue weighted by atomic mass is 10.1. The summed E-state index contributed by atoms with van der Waals surface area (Å²) in [5.74, 6) is 0.489. The molecule has 2 heterocycles. The first-order chi connectivity index (χ1) is 12.4. The summed E-state index contributed by atoms with van der Waals surface area (Å²) in [6.45, 7) is 2.15. The number of carbonyl (C=O) groups is 1. The molecule has 0 atom stereocenters. The second-order valence-corrected chi connectivity index (χ2v) is 6.23. The van der Waals surface area contributed by atoms with Crippen LogP contribution in [0.4, 0.5) is 17.5 Å². The highest BCUT2D eigenvalue weighted by Crippen LogP contribution is 2.19. The zero-order chi connectivity index (χ0) is 18.7. The molecule has 134 valence electrons. The Morgan fingerprint density at radius 1 is 1.19 bits per heavy atom. The molecule has 1 aromatic carbocycles.